The molecule has 1 aliphatic carbocycles. The van der Waals surface area contributed by atoms with Gasteiger partial charge in [0, 0.05) is 79.9 Å². The number of nitrogens with zero attached hydrogens (tertiary/aromatic N) is 4. The number of halogens is 4. The normalized spacial score (nSPS) is 23.2. The minimum Gasteiger partial charge on any atom is -0.497 e. The van der Waals surface area contributed by atoms with Crippen LogP contribution in [0, 0.1) is 17.2 Å². The van der Waals surface area contributed by atoms with Crippen molar-refractivity contribution >= 4 is 40.0 Å². The predicted molar refractivity (Wildman–Crippen MR) is 265 cm³/mol. The van der Waals surface area contributed by atoms with E-state index in [1.165, 1.54) is 19.9 Å². The Morgan fingerprint density at radius 2 is 1.72 bits per heavy atom. The first-order valence-electron chi connectivity index (χ1n) is 25.5. The summed E-state index contributed by atoms with van der Waals surface area (Å²) in [6.07, 6.45) is 4.71. The van der Waals surface area contributed by atoms with Crippen LogP contribution in [0.2, 0.25) is 0 Å². The van der Waals surface area contributed by atoms with Crippen LogP contribution in [0.4, 0.5) is 23.2 Å². The summed E-state index contributed by atoms with van der Waals surface area (Å²) in [5.41, 5.74) is 3.51. The van der Waals surface area contributed by atoms with Gasteiger partial charge in [-0.1, -0.05) is 30.3 Å². The molecule has 0 spiro atoms. The van der Waals surface area contributed by atoms with Crippen LogP contribution >= 0.6 is 0 Å². The number of hydrogen-bond donors (Lipinski definition) is 2. The SMILES string of the molecule is COc1ccc([C@]2(CCN(Cc3ccc(C4=CC[C@@H](C(=O)N5CCC(Nc6ccc7c8c6CCCn8c(=O)n7C6CCC(=O)NC6=O)CC5)CC4)c(F)c3)CC(C)(C)C(F)(F)F)CCOC(C)(C)C2)cc1. The molecule has 382 valence electrons. The zero-order chi connectivity index (χ0) is 50.5. The number of carbonyl (C=O) groups is 3. The Morgan fingerprint density at radius 3 is 2.38 bits per heavy atom. The van der Waals surface area contributed by atoms with E-state index >= 15 is 4.39 Å². The van der Waals surface area contributed by atoms with Crippen LogP contribution in [0.5, 0.6) is 5.75 Å². The molecule has 12 nitrogen and oxygen atoms in total. The molecule has 3 saturated heterocycles. The largest absolute Gasteiger partial charge is 0.497 e. The van der Waals surface area contributed by atoms with Crippen molar-refractivity contribution in [3.8, 4) is 5.75 Å². The Balaban J connectivity index is 0.825. The summed E-state index contributed by atoms with van der Waals surface area (Å²) >= 11 is 0. The molecule has 1 aromatic heterocycles. The van der Waals surface area contributed by atoms with Crippen LogP contribution in [0.15, 0.2) is 65.5 Å². The van der Waals surface area contributed by atoms with Gasteiger partial charge in [-0.15, -0.1) is 0 Å². The smallest absolute Gasteiger partial charge is 0.395 e. The third-order valence-corrected chi connectivity index (χ3v) is 16.1. The standard InChI is InChI=1S/C55H68F4N6O6/c1-52(2,55(57,58)59)34-62(29-24-54(25-30-71-53(3,4)33-54)38-13-15-40(70-5)16-14-38)32-35-8-17-41(43(56)31-35)36-9-11-37(12-10-36)50(68)63-27-22-39(23-28-63)60-44-18-19-45-48-42(44)7-6-26-64(48)51(69)65(45)46-20-21-47(66)61-49(46)67/h8-9,13-19,31,37,39,46,60H,6-7,10-12,20-30,32-34H2,1-5H3,(H,61,66,67)/t37-,46?,54-/m1/s1. The molecule has 5 aliphatic rings. The molecule has 71 heavy (non-hydrogen) atoms. The fraction of sp³-hybridized carbons (Fsp3) is 0.564. The van der Waals surface area contributed by atoms with Gasteiger partial charge in [0.25, 0.3) is 0 Å². The molecule has 16 heteroatoms. The minimum atomic E-state index is -4.44. The zero-order valence-corrected chi connectivity index (χ0v) is 41.7. The van der Waals surface area contributed by atoms with Gasteiger partial charge < -0.3 is 19.7 Å². The van der Waals surface area contributed by atoms with E-state index in [2.05, 4.69) is 24.5 Å². The Kier molecular flexibility index (Phi) is 14.1. The van der Waals surface area contributed by atoms with Gasteiger partial charge in [-0.05, 0) is 152 Å². The zero-order valence-electron chi connectivity index (χ0n) is 41.7. The molecule has 9 rings (SSSR count). The molecular weight excluding hydrogens is 917 g/mol. The number of ether oxygens (including phenoxy) is 2. The lowest BCUT2D eigenvalue weighted by Crippen LogP contribution is -2.47. The molecule has 0 radical (unpaired) electrons. The molecule has 3 atom stereocenters. The number of aryl methyl sites for hydroxylation is 2. The van der Waals surface area contributed by atoms with Crippen molar-refractivity contribution in [1.29, 1.82) is 0 Å². The number of hydrogen-bond acceptors (Lipinski definition) is 8. The van der Waals surface area contributed by atoms with E-state index in [9.17, 15) is 32.3 Å². The van der Waals surface area contributed by atoms with Crippen LogP contribution in [0.25, 0.3) is 16.6 Å². The number of carbonyl (C=O) groups excluding carboxylic acids is 3. The monoisotopic (exact) mass is 985 g/mol. The molecule has 3 amide bonds. The number of aromatic nitrogens is 2. The lowest BCUT2D eigenvalue weighted by atomic mass is 9.67. The summed E-state index contributed by atoms with van der Waals surface area (Å²) in [5, 5.41) is 6.11. The fourth-order valence-electron chi connectivity index (χ4n) is 12.1. The highest BCUT2D eigenvalue weighted by molar-refractivity contribution is 6.00. The van der Waals surface area contributed by atoms with E-state index in [0.29, 0.717) is 81.5 Å². The third kappa shape index (κ3) is 10.4. The maximum atomic E-state index is 16.1. The molecule has 3 fully saturated rings. The molecular formula is C55H68F4N6O6. The van der Waals surface area contributed by atoms with E-state index in [1.807, 2.05) is 58.3 Å². The molecule has 4 aliphatic heterocycles. The second-order valence-electron chi connectivity index (χ2n) is 22.0. The van der Waals surface area contributed by atoms with Crippen LogP contribution in [-0.4, -0.2) is 94.4 Å². The minimum absolute atomic E-state index is 0.102. The average molecular weight is 985 g/mol. The molecule has 0 bridgehead atoms. The Morgan fingerprint density at radius 1 is 0.958 bits per heavy atom. The first kappa shape index (κ1) is 50.5. The van der Waals surface area contributed by atoms with Gasteiger partial charge in [0.2, 0.25) is 17.7 Å². The lowest BCUT2D eigenvalue weighted by Gasteiger charge is -2.46. The quantitative estimate of drug-likeness (QED) is 0.0946. The van der Waals surface area contributed by atoms with E-state index in [1.54, 1.807) is 22.3 Å². The van der Waals surface area contributed by atoms with Gasteiger partial charge in [-0.25, -0.2) is 9.18 Å². The van der Waals surface area contributed by atoms with Crippen molar-refractivity contribution in [3.63, 3.8) is 0 Å². The number of anilines is 1. The van der Waals surface area contributed by atoms with E-state index in [4.69, 9.17) is 9.47 Å². The highest BCUT2D eigenvalue weighted by Crippen LogP contribution is 2.46. The van der Waals surface area contributed by atoms with Crippen LogP contribution < -0.4 is 21.1 Å². The molecule has 5 heterocycles. The average Bonchev–Trinajstić information content (AvgIpc) is 3.62. The van der Waals surface area contributed by atoms with Crippen LogP contribution in [0.1, 0.15) is 127 Å². The summed E-state index contributed by atoms with van der Waals surface area (Å²) in [6, 6.07) is 16.2. The van der Waals surface area contributed by atoms with Gasteiger partial charge >= 0.3 is 11.9 Å². The summed E-state index contributed by atoms with van der Waals surface area (Å²) < 4.78 is 74.2. The van der Waals surface area contributed by atoms with Crippen molar-refractivity contribution in [2.45, 2.75) is 147 Å². The lowest BCUT2D eigenvalue weighted by molar-refractivity contribution is -0.217. The number of piperidine rings is 2. The first-order valence-corrected chi connectivity index (χ1v) is 25.5. The van der Waals surface area contributed by atoms with Crippen molar-refractivity contribution in [2.75, 3.05) is 45.2 Å². The molecule has 1 unspecified atom stereocenters. The number of rotatable bonds is 14. The maximum Gasteiger partial charge on any atom is 0.395 e. The number of benzene rings is 3. The summed E-state index contributed by atoms with van der Waals surface area (Å²) in [7, 11) is 1.62. The molecule has 4 aromatic rings. The van der Waals surface area contributed by atoms with E-state index in [0.717, 1.165) is 65.8 Å². The van der Waals surface area contributed by atoms with E-state index in [-0.39, 0.29) is 60.8 Å². The number of likely N-dealkylation sites (tertiary alicyclic amines) is 1. The second-order valence-corrected chi connectivity index (χ2v) is 22.0. The Hall–Kier alpha value is -5.48. The predicted octanol–water partition coefficient (Wildman–Crippen LogP) is 9.47. The van der Waals surface area contributed by atoms with Gasteiger partial charge in [0.15, 0.2) is 0 Å². The van der Waals surface area contributed by atoms with Gasteiger partial charge in [-0.3, -0.25) is 33.7 Å². The topological polar surface area (TPSA) is 127 Å². The fourth-order valence-corrected chi connectivity index (χ4v) is 12.1. The first-order chi connectivity index (χ1) is 33.7. The molecule has 3 aromatic carbocycles. The third-order valence-electron chi connectivity index (χ3n) is 16.1. The van der Waals surface area contributed by atoms with Crippen molar-refractivity contribution in [2.24, 2.45) is 11.3 Å². The number of methoxy groups -OCH3 is 1. The number of imide groups is 1. The Bertz CT molecular complexity index is 2750. The summed E-state index contributed by atoms with van der Waals surface area (Å²) in [4.78, 5) is 55.9. The van der Waals surface area contributed by atoms with Crippen molar-refractivity contribution < 1.29 is 41.4 Å². The number of imidazole rings is 1. The second kappa shape index (κ2) is 19.8. The van der Waals surface area contributed by atoms with E-state index < -0.39 is 35.0 Å². The van der Waals surface area contributed by atoms with Crippen LogP contribution in [-0.2, 0) is 44.0 Å². The number of amides is 3. The van der Waals surface area contributed by atoms with Gasteiger partial charge in [0.05, 0.1) is 29.2 Å². The molecule has 2 N–H and O–H groups in total. The number of nitrogens with one attached hydrogen (secondary N) is 2. The van der Waals surface area contributed by atoms with Crippen LogP contribution in [0.3, 0.4) is 0 Å². The Labute approximate surface area is 413 Å². The highest BCUT2D eigenvalue weighted by atomic mass is 19.4. The van der Waals surface area contributed by atoms with Gasteiger partial charge in [0.1, 0.15) is 17.6 Å². The van der Waals surface area contributed by atoms with Crippen molar-refractivity contribution in [3.05, 3.63) is 99.2 Å². The number of allylic oxidation sites excluding steroid dienone is 2. The highest BCUT2D eigenvalue weighted by Gasteiger charge is 2.49. The van der Waals surface area contributed by atoms with Crippen molar-refractivity contribution in [1.82, 2.24) is 24.3 Å². The maximum absolute atomic E-state index is 16.1. The summed E-state index contributed by atoms with van der Waals surface area (Å²) in [5.74, 6) is -0.579. The van der Waals surface area contributed by atoms with Gasteiger partial charge in [-0.2, -0.15) is 13.2 Å². The summed E-state index contributed by atoms with van der Waals surface area (Å²) in [6.45, 7) is 9.10. The molecule has 0 saturated carbocycles. The number of alkyl halides is 3.